The Balaban J connectivity index is 0.00000161. The molecule has 3 heterocycles. The fourth-order valence-electron chi connectivity index (χ4n) is 3.59. The van der Waals surface area contributed by atoms with Gasteiger partial charge in [0.2, 0.25) is 0 Å². The molecule has 0 atom stereocenters. The summed E-state index contributed by atoms with van der Waals surface area (Å²) in [5.74, 6) is 0.264. The maximum Gasteiger partial charge on any atom is 0.264 e. The van der Waals surface area contributed by atoms with Gasteiger partial charge in [-0.2, -0.15) is 0 Å². The predicted octanol–water partition coefficient (Wildman–Crippen LogP) is 3.34. The molecule has 2 aliphatic rings. The molecule has 118 valence electrons. The van der Waals surface area contributed by atoms with Gasteiger partial charge in [-0.15, -0.1) is 23.7 Å². The molecule has 0 bridgehead atoms. The number of thiophene rings is 1. The Hall–Kier alpha value is -0.580. The number of hydrogen-bond acceptors (Lipinski definition) is 3. The molecular formula is C16H25ClN2OS. The van der Waals surface area contributed by atoms with E-state index in [0.29, 0.717) is 5.41 Å². The number of likely N-dealkylation sites (tertiary alicyclic amines) is 1. The van der Waals surface area contributed by atoms with E-state index in [-0.39, 0.29) is 18.3 Å². The topological polar surface area (TPSA) is 32.3 Å². The Morgan fingerprint density at radius 3 is 2.57 bits per heavy atom. The average Bonchev–Trinajstić information content (AvgIpc) is 2.97. The predicted molar refractivity (Wildman–Crippen MR) is 90.6 cm³/mol. The molecule has 21 heavy (non-hydrogen) atoms. The van der Waals surface area contributed by atoms with Crippen molar-refractivity contribution in [1.82, 2.24) is 10.2 Å². The summed E-state index contributed by atoms with van der Waals surface area (Å²) in [6.07, 6.45) is 5.90. The monoisotopic (exact) mass is 328 g/mol. The lowest BCUT2D eigenvalue weighted by molar-refractivity contribution is 0.0499. The molecule has 1 amide bonds. The Bertz CT molecular complexity index is 472. The molecule has 5 heteroatoms. The number of halogens is 1. The van der Waals surface area contributed by atoms with Crippen LogP contribution in [-0.2, 0) is 6.42 Å². The first kappa shape index (κ1) is 16.8. The van der Waals surface area contributed by atoms with Gasteiger partial charge in [-0.1, -0.05) is 6.92 Å². The number of nitrogens with one attached hydrogen (secondary N) is 1. The van der Waals surface area contributed by atoms with Crippen LogP contribution < -0.4 is 5.32 Å². The minimum absolute atomic E-state index is 0. The van der Waals surface area contributed by atoms with E-state index in [1.54, 1.807) is 11.3 Å². The lowest BCUT2D eigenvalue weighted by atomic mass is 9.71. The second-order valence-electron chi connectivity index (χ2n) is 6.17. The number of carbonyl (C=O) groups is 1. The second kappa shape index (κ2) is 7.12. The fourth-order valence-corrected chi connectivity index (χ4v) is 4.55. The Kier molecular flexibility index (Phi) is 5.69. The van der Waals surface area contributed by atoms with E-state index >= 15 is 0 Å². The summed E-state index contributed by atoms with van der Waals surface area (Å²) in [4.78, 5) is 15.7. The SMILES string of the molecule is CCc1ccsc1C(=O)N1CCC2(CCNCC2)CC1.Cl. The molecule has 0 radical (unpaired) electrons. The van der Waals surface area contributed by atoms with Crippen molar-refractivity contribution in [2.24, 2.45) is 5.41 Å². The van der Waals surface area contributed by atoms with Crippen LogP contribution in [0, 0.1) is 5.41 Å². The highest BCUT2D eigenvalue weighted by molar-refractivity contribution is 7.12. The van der Waals surface area contributed by atoms with Crippen LogP contribution >= 0.6 is 23.7 Å². The van der Waals surface area contributed by atoms with Gasteiger partial charge in [0.25, 0.3) is 5.91 Å². The van der Waals surface area contributed by atoms with E-state index in [0.717, 1.165) is 37.5 Å². The lowest BCUT2D eigenvalue weighted by Gasteiger charge is -2.44. The van der Waals surface area contributed by atoms with E-state index in [1.807, 2.05) is 5.38 Å². The van der Waals surface area contributed by atoms with Crippen LogP contribution in [0.15, 0.2) is 11.4 Å². The van der Waals surface area contributed by atoms with Crippen LogP contribution in [0.2, 0.25) is 0 Å². The van der Waals surface area contributed by atoms with Crippen LogP contribution in [0.5, 0.6) is 0 Å². The van der Waals surface area contributed by atoms with E-state index < -0.39 is 0 Å². The standard InChI is InChI=1S/C16H24N2OS.ClH/c1-2-13-3-12-20-14(13)15(19)18-10-6-16(7-11-18)4-8-17-9-5-16;/h3,12,17H,2,4-11H2,1H3;1H. The summed E-state index contributed by atoms with van der Waals surface area (Å²) in [7, 11) is 0. The number of piperidine rings is 2. The van der Waals surface area contributed by atoms with Gasteiger partial charge in [-0.05, 0) is 67.6 Å². The van der Waals surface area contributed by atoms with Crippen LogP contribution in [0.1, 0.15) is 47.8 Å². The summed E-state index contributed by atoms with van der Waals surface area (Å²) in [5, 5.41) is 5.49. The van der Waals surface area contributed by atoms with Crippen molar-refractivity contribution in [3.8, 4) is 0 Å². The molecule has 0 unspecified atom stereocenters. The van der Waals surface area contributed by atoms with Crippen LogP contribution in [0.4, 0.5) is 0 Å². The molecule has 0 aromatic carbocycles. The van der Waals surface area contributed by atoms with Gasteiger partial charge in [-0.25, -0.2) is 0 Å². The number of hydrogen-bond donors (Lipinski definition) is 1. The van der Waals surface area contributed by atoms with Gasteiger partial charge in [0.1, 0.15) is 0 Å². The molecule has 1 aromatic heterocycles. The molecule has 3 rings (SSSR count). The van der Waals surface area contributed by atoms with Crippen molar-refractivity contribution < 1.29 is 4.79 Å². The normalized spacial score (nSPS) is 21.1. The quantitative estimate of drug-likeness (QED) is 0.903. The van der Waals surface area contributed by atoms with Gasteiger partial charge in [0.15, 0.2) is 0 Å². The Labute approximate surface area is 137 Å². The van der Waals surface area contributed by atoms with Crippen LogP contribution in [0.25, 0.3) is 0 Å². The van der Waals surface area contributed by atoms with E-state index in [1.165, 1.54) is 31.2 Å². The molecule has 1 spiro atoms. The summed E-state index contributed by atoms with van der Waals surface area (Å²) in [6.45, 7) is 6.32. The van der Waals surface area contributed by atoms with Gasteiger partial charge in [-0.3, -0.25) is 4.79 Å². The minimum atomic E-state index is 0. The largest absolute Gasteiger partial charge is 0.338 e. The number of carbonyl (C=O) groups excluding carboxylic acids is 1. The highest BCUT2D eigenvalue weighted by Gasteiger charge is 2.37. The van der Waals surface area contributed by atoms with Crippen molar-refractivity contribution >= 4 is 29.7 Å². The first-order valence-corrected chi connectivity index (χ1v) is 8.68. The molecule has 1 aromatic rings. The highest BCUT2D eigenvalue weighted by atomic mass is 35.5. The van der Waals surface area contributed by atoms with Crippen molar-refractivity contribution in [2.45, 2.75) is 39.0 Å². The maximum absolute atomic E-state index is 12.6. The van der Waals surface area contributed by atoms with Crippen molar-refractivity contribution in [3.05, 3.63) is 21.9 Å². The van der Waals surface area contributed by atoms with Crippen molar-refractivity contribution in [1.29, 1.82) is 0 Å². The number of aryl methyl sites for hydroxylation is 1. The first-order valence-electron chi connectivity index (χ1n) is 7.80. The smallest absolute Gasteiger partial charge is 0.264 e. The fraction of sp³-hybridized carbons (Fsp3) is 0.688. The first-order chi connectivity index (χ1) is 9.74. The average molecular weight is 329 g/mol. The zero-order valence-electron chi connectivity index (χ0n) is 12.7. The third-order valence-corrected chi connectivity index (χ3v) is 6.04. The number of nitrogens with zero attached hydrogens (tertiary/aromatic N) is 1. The molecule has 0 aliphatic carbocycles. The number of rotatable bonds is 2. The van der Waals surface area contributed by atoms with Gasteiger partial charge in [0.05, 0.1) is 4.88 Å². The lowest BCUT2D eigenvalue weighted by Crippen LogP contribution is -2.47. The maximum atomic E-state index is 12.6. The Morgan fingerprint density at radius 2 is 1.95 bits per heavy atom. The van der Waals surface area contributed by atoms with Crippen molar-refractivity contribution in [3.63, 3.8) is 0 Å². The Morgan fingerprint density at radius 1 is 1.29 bits per heavy atom. The number of amides is 1. The minimum Gasteiger partial charge on any atom is -0.338 e. The summed E-state index contributed by atoms with van der Waals surface area (Å²) in [6, 6.07) is 2.09. The molecule has 2 fully saturated rings. The van der Waals surface area contributed by atoms with Gasteiger partial charge >= 0.3 is 0 Å². The van der Waals surface area contributed by atoms with Crippen LogP contribution in [0.3, 0.4) is 0 Å². The van der Waals surface area contributed by atoms with E-state index in [2.05, 4.69) is 23.2 Å². The molecule has 1 N–H and O–H groups in total. The van der Waals surface area contributed by atoms with Crippen LogP contribution in [-0.4, -0.2) is 37.0 Å². The third kappa shape index (κ3) is 3.43. The van der Waals surface area contributed by atoms with Gasteiger partial charge < -0.3 is 10.2 Å². The summed E-state index contributed by atoms with van der Waals surface area (Å²) < 4.78 is 0. The molecule has 0 saturated carbocycles. The molecule has 2 saturated heterocycles. The highest BCUT2D eigenvalue weighted by Crippen LogP contribution is 2.39. The van der Waals surface area contributed by atoms with Crippen molar-refractivity contribution in [2.75, 3.05) is 26.2 Å². The van der Waals surface area contributed by atoms with E-state index in [4.69, 9.17) is 0 Å². The molecule has 2 aliphatic heterocycles. The zero-order chi connectivity index (χ0) is 14.0. The zero-order valence-corrected chi connectivity index (χ0v) is 14.3. The third-order valence-electron chi connectivity index (χ3n) is 5.10. The molecular weight excluding hydrogens is 304 g/mol. The van der Waals surface area contributed by atoms with E-state index in [9.17, 15) is 4.79 Å². The molecule has 3 nitrogen and oxygen atoms in total. The summed E-state index contributed by atoms with van der Waals surface area (Å²) in [5.41, 5.74) is 1.73. The second-order valence-corrected chi connectivity index (χ2v) is 7.09. The summed E-state index contributed by atoms with van der Waals surface area (Å²) >= 11 is 1.60. The van der Waals surface area contributed by atoms with Gasteiger partial charge in [0, 0.05) is 13.1 Å².